The third-order valence-corrected chi connectivity index (χ3v) is 5.13. The molecule has 0 saturated carbocycles. The van der Waals surface area contributed by atoms with Gasteiger partial charge in [-0.25, -0.2) is 4.98 Å². The summed E-state index contributed by atoms with van der Waals surface area (Å²) in [5.41, 5.74) is 0. The van der Waals surface area contributed by atoms with E-state index in [0.29, 0.717) is 22.4 Å². The summed E-state index contributed by atoms with van der Waals surface area (Å²) in [5.74, 6) is 1.68. The van der Waals surface area contributed by atoms with E-state index in [-0.39, 0.29) is 5.91 Å². The Balaban J connectivity index is 1.48. The molecule has 0 bridgehead atoms. The molecule has 1 aromatic heterocycles. The van der Waals surface area contributed by atoms with Gasteiger partial charge in [-0.15, -0.1) is 0 Å². The van der Waals surface area contributed by atoms with Gasteiger partial charge >= 0.3 is 0 Å². The molecule has 1 aromatic rings. The molecule has 7 heteroatoms. The molecule has 5 nitrogen and oxygen atoms in total. The van der Waals surface area contributed by atoms with Crippen LogP contribution < -0.4 is 10.2 Å². The number of amides is 1. The van der Waals surface area contributed by atoms with Gasteiger partial charge in [0.1, 0.15) is 5.82 Å². The first-order valence-corrected chi connectivity index (χ1v) is 8.93. The van der Waals surface area contributed by atoms with Gasteiger partial charge in [-0.3, -0.25) is 4.79 Å². The number of piperazine rings is 1. The zero-order valence-electron chi connectivity index (χ0n) is 13.1. The lowest BCUT2D eigenvalue weighted by molar-refractivity contribution is -0.131. The lowest BCUT2D eigenvalue weighted by atomic mass is 10.0. The molecule has 0 aliphatic carbocycles. The van der Waals surface area contributed by atoms with E-state index in [1.54, 1.807) is 12.3 Å². The van der Waals surface area contributed by atoms with E-state index >= 15 is 0 Å². The third kappa shape index (κ3) is 4.28. The summed E-state index contributed by atoms with van der Waals surface area (Å²) in [5, 5.41) is 4.45. The Morgan fingerprint density at radius 2 is 2.09 bits per heavy atom. The second kappa shape index (κ2) is 7.69. The zero-order valence-corrected chi connectivity index (χ0v) is 14.6. The van der Waals surface area contributed by atoms with Gasteiger partial charge in [0.05, 0.1) is 10.0 Å². The summed E-state index contributed by atoms with van der Waals surface area (Å²) < 4.78 is 0. The van der Waals surface area contributed by atoms with Crippen molar-refractivity contribution in [2.75, 3.05) is 44.2 Å². The molecule has 1 unspecified atom stereocenters. The molecule has 3 heterocycles. The van der Waals surface area contributed by atoms with Crippen molar-refractivity contribution in [3.63, 3.8) is 0 Å². The highest BCUT2D eigenvalue weighted by molar-refractivity contribution is 6.36. The normalized spacial score (nSPS) is 21.7. The summed E-state index contributed by atoms with van der Waals surface area (Å²) in [6, 6.07) is 1.71. The summed E-state index contributed by atoms with van der Waals surface area (Å²) >= 11 is 12.1. The lowest BCUT2D eigenvalue weighted by Crippen LogP contribution is -2.49. The number of carbonyl (C=O) groups excluding carboxylic acids is 1. The molecule has 1 amide bonds. The number of anilines is 1. The van der Waals surface area contributed by atoms with E-state index in [0.717, 1.165) is 51.5 Å². The minimum absolute atomic E-state index is 0.270. The van der Waals surface area contributed by atoms with Gasteiger partial charge in [0.25, 0.3) is 0 Å². The largest absolute Gasteiger partial charge is 0.352 e. The lowest BCUT2D eigenvalue weighted by Gasteiger charge is -2.36. The molecule has 2 aliphatic rings. The predicted octanol–water partition coefficient (Wildman–Crippen LogP) is 2.43. The van der Waals surface area contributed by atoms with E-state index in [9.17, 15) is 4.79 Å². The molecule has 126 valence electrons. The summed E-state index contributed by atoms with van der Waals surface area (Å²) in [7, 11) is 0. The monoisotopic (exact) mass is 356 g/mol. The van der Waals surface area contributed by atoms with Gasteiger partial charge in [0, 0.05) is 38.8 Å². The van der Waals surface area contributed by atoms with Gasteiger partial charge in [-0.1, -0.05) is 23.2 Å². The number of hydrogen-bond acceptors (Lipinski definition) is 4. The molecule has 0 aromatic carbocycles. The highest BCUT2D eigenvalue weighted by Crippen LogP contribution is 2.27. The molecule has 3 rings (SSSR count). The van der Waals surface area contributed by atoms with Crippen LogP contribution in [0, 0.1) is 5.92 Å². The average molecular weight is 357 g/mol. The van der Waals surface area contributed by atoms with E-state index in [4.69, 9.17) is 23.2 Å². The molecule has 0 radical (unpaired) electrons. The van der Waals surface area contributed by atoms with Gasteiger partial charge in [0.15, 0.2) is 0 Å². The van der Waals surface area contributed by atoms with Crippen LogP contribution in [0.4, 0.5) is 5.82 Å². The minimum Gasteiger partial charge on any atom is -0.352 e. The van der Waals surface area contributed by atoms with Gasteiger partial charge in [-0.05, 0) is 37.9 Å². The third-order valence-electron chi connectivity index (χ3n) is 4.65. The fourth-order valence-corrected chi connectivity index (χ4v) is 3.75. The van der Waals surface area contributed by atoms with Crippen molar-refractivity contribution < 1.29 is 4.79 Å². The minimum atomic E-state index is 0.270. The number of carbonyl (C=O) groups is 1. The van der Waals surface area contributed by atoms with Crippen LogP contribution in [0.15, 0.2) is 12.3 Å². The molecule has 1 atom stereocenters. The first-order valence-electron chi connectivity index (χ1n) is 8.18. The molecular formula is C16H22Cl2N4O. The molecule has 1 N–H and O–H groups in total. The second-order valence-corrected chi connectivity index (χ2v) is 7.07. The number of halogens is 2. The number of aromatic nitrogens is 1. The summed E-state index contributed by atoms with van der Waals surface area (Å²) in [6.45, 7) is 5.11. The Morgan fingerprint density at radius 3 is 2.74 bits per heavy atom. The summed E-state index contributed by atoms with van der Waals surface area (Å²) in [4.78, 5) is 20.7. The molecule has 23 heavy (non-hydrogen) atoms. The number of pyridine rings is 1. The Labute approximate surface area is 146 Å². The molecule has 2 fully saturated rings. The number of nitrogens with zero attached hydrogens (tertiary/aromatic N) is 3. The number of nitrogens with one attached hydrogen (secondary N) is 1. The van der Waals surface area contributed by atoms with Gasteiger partial charge in [0.2, 0.25) is 5.91 Å². The Hall–Kier alpha value is -1.04. The van der Waals surface area contributed by atoms with Crippen molar-refractivity contribution >= 4 is 34.9 Å². The Kier molecular flexibility index (Phi) is 5.62. The topological polar surface area (TPSA) is 48.5 Å². The smallest absolute Gasteiger partial charge is 0.222 e. The molecule has 2 saturated heterocycles. The first-order chi connectivity index (χ1) is 11.1. The van der Waals surface area contributed by atoms with Crippen LogP contribution in [-0.2, 0) is 4.79 Å². The SMILES string of the molecule is O=C(CCC1CCNC1)N1CCN(c2ncc(Cl)cc2Cl)CC1. The average Bonchev–Trinajstić information content (AvgIpc) is 3.06. The predicted molar refractivity (Wildman–Crippen MR) is 93.3 cm³/mol. The van der Waals surface area contributed by atoms with Crippen molar-refractivity contribution in [1.29, 1.82) is 0 Å². The van der Waals surface area contributed by atoms with Crippen molar-refractivity contribution in [1.82, 2.24) is 15.2 Å². The fourth-order valence-electron chi connectivity index (χ4n) is 3.25. The van der Waals surface area contributed by atoms with Crippen LogP contribution in [0.5, 0.6) is 0 Å². The maximum atomic E-state index is 12.3. The molecule has 0 spiro atoms. The number of hydrogen-bond donors (Lipinski definition) is 1. The molecule has 2 aliphatic heterocycles. The quantitative estimate of drug-likeness (QED) is 0.899. The van der Waals surface area contributed by atoms with E-state index in [1.807, 2.05) is 4.90 Å². The van der Waals surface area contributed by atoms with Crippen LogP contribution in [0.1, 0.15) is 19.3 Å². The van der Waals surface area contributed by atoms with E-state index < -0.39 is 0 Å². The highest BCUT2D eigenvalue weighted by Gasteiger charge is 2.24. The zero-order chi connectivity index (χ0) is 16.2. The Morgan fingerprint density at radius 1 is 1.30 bits per heavy atom. The van der Waals surface area contributed by atoms with Gasteiger partial charge < -0.3 is 15.1 Å². The van der Waals surface area contributed by atoms with Crippen LogP contribution in [0.3, 0.4) is 0 Å². The van der Waals surface area contributed by atoms with Crippen molar-refractivity contribution in [3.8, 4) is 0 Å². The maximum absolute atomic E-state index is 12.3. The number of rotatable bonds is 4. The summed E-state index contributed by atoms with van der Waals surface area (Å²) in [6.07, 6.45) is 4.46. The van der Waals surface area contributed by atoms with Crippen LogP contribution in [-0.4, -0.2) is 55.1 Å². The van der Waals surface area contributed by atoms with Crippen LogP contribution in [0.25, 0.3) is 0 Å². The van der Waals surface area contributed by atoms with Crippen molar-refractivity contribution in [2.24, 2.45) is 5.92 Å². The van der Waals surface area contributed by atoms with Crippen molar-refractivity contribution in [3.05, 3.63) is 22.3 Å². The maximum Gasteiger partial charge on any atom is 0.222 e. The Bertz CT molecular complexity index is 555. The fraction of sp³-hybridized carbons (Fsp3) is 0.625. The first kappa shape index (κ1) is 16.8. The van der Waals surface area contributed by atoms with Crippen molar-refractivity contribution in [2.45, 2.75) is 19.3 Å². The second-order valence-electron chi connectivity index (χ2n) is 6.22. The van der Waals surface area contributed by atoms with Crippen LogP contribution in [0.2, 0.25) is 10.0 Å². The highest BCUT2D eigenvalue weighted by atomic mass is 35.5. The van der Waals surface area contributed by atoms with Gasteiger partial charge in [-0.2, -0.15) is 0 Å². The molecular weight excluding hydrogens is 335 g/mol. The van der Waals surface area contributed by atoms with E-state index in [2.05, 4.69) is 15.2 Å². The van der Waals surface area contributed by atoms with E-state index in [1.165, 1.54) is 6.42 Å². The van der Waals surface area contributed by atoms with Crippen LogP contribution >= 0.6 is 23.2 Å². The standard InChI is InChI=1S/C16H22Cl2N4O/c17-13-9-14(18)16(20-11-13)22-7-5-21(6-8-22)15(23)2-1-12-3-4-19-10-12/h9,11-12,19H,1-8,10H2.